The van der Waals surface area contributed by atoms with Crippen molar-refractivity contribution in [3.8, 4) is 0 Å². The quantitative estimate of drug-likeness (QED) is 0.873. The summed E-state index contributed by atoms with van der Waals surface area (Å²) in [5, 5.41) is 8.26. The summed E-state index contributed by atoms with van der Waals surface area (Å²) in [6.07, 6.45) is 0. The minimum absolute atomic E-state index is 0.360. The Balaban J connectivity index is 2.39. The highest BCUT2D eigenvalue weighted by Gasteiger charge is 2.11. The molecule has 0 fully saturated rings. The van der Waals surface area contributed by atoms with Crippen molar-refractivity contribution in [1.29, 1.82) is 0 Å². The topological polar surface area (TPSA) is 37.3 Å². The third kappa shape index (κ3) is 3.58. The van der Waals surface area contributed by atoms with Gasteiger partial charge in [-0.15, -0.1) is 23.1 Å². The van der Waals surface area contributed by atoms with Gasteiger partial charge in [0.25, 0.3) is 0 Å². The van der Waals surface area contributed by atoms with Crippen LogP contribution in [0.5, 0.6) is 0 Å². The molecule has 0 aliphatic heterocycles. The van der Waals surface area contributed by atoms with Gasteiger partial charge in [0.2, 0.25) is 0 Å². The van der Waals surface area contributed by atoms with Crippen LogP contribution in [0.15, 0.2) is 12.1 Å². The van der Waals surface area contributed by atoms with Gasteiger partial charge < -0.3 is 5.11 Å². The normalized spacial score (nSPS) is 12.8. The average molecular weight is 237 g/mol. The van der Waals surface area contributed by atoms with Gasteiger partial charge in [-0.3, -0.25) is 4.79 Å². The summed E-state index contributed by atoms with van der Waals surface area (Å²) in [6.45, 7) is 1.68. The number of carboxylic acid groups (broad SMARTS) is 1. The molecule has 1 rings (SSSR count). The van der Waals surface area contributed by atoms with Crippen molar-refractivity contribution in [2.75, 3.05) is 0 Å². The van der Waals surface area contributed by atoms with Gasteiger partial charge in [0, 0.05) is 10.6 Å². The van der Waals surface area contributed by atoms with E-state index in [0.717, 1.165) is 9.21 Å². The van der Waals surface area contributed by atoms with Crippen LogP contribution in [0, 0.1) is 0 Å². The van der Waals surface area contributed by atoms with Gasteiger partial charge in [0.15, 0.2) is 0 Å². The zero-order chi connectivity index (χ0) is 9.84. The monoisotopic (exact) mass is 236 g/mol. The number of thiophene rings is 1. The van der Waals surface area contributed by atoms with Crippen molar-refractivity contribution in [2.45, 2.75) is 17.9 Å². The predicted octanol–water partition coefficient (Wildman–Crippen LogP) is 3.11. The van der Waals surface area contributed by atoms with E-state index < -0.39 is 5.97 Å². The van der Waals surface area contributed by atoms with Gasteiger partial charge in [-0.2, -0.15) is 0 Å². The molecule has 0 spiro atoms. The Labute approximate surface area is 89.9 Å². The van der Waals surface area contributed by atoms with E-state index in [1.54, 1.807) is 6.92 Å². The van der Waals surface area contributed by atoms with Crippen LogP contribution < -0.4 is 0 Å². The maximum Gasteiger partial charge on any atom is 0.316 e. The van der Waals surface area contributed by atoms with E-state index in [0.29, 0.717) is 5.75 Å². The van der Waals surface area contributed by atoms with Crippen LogP contribution in [0.1, 0.15) is 11.8 Å². The molecule has 1 N–H and O–H groups in total. The van der Waals surface area contributed by atoms with Crippen LogP contribution in [0.2, 0.25) is 4.34 Å². The Bertz CT molecular complexity index is 298. The summed E-state index contributed by atoms with van der Waals surface area (Å²) in [7, 11) is 0. The molecular formula is C8H9ClO2S2. The van der Waals surface area contributed by atoms with Crippen LogP contribution in [0.25, 0.3) is 0 Å². The zero-order valence-corrected chi connectivity index (χ0v) is 9.38. The summed E-state index contributed by atoms with van der Waals surface area (Å²) in [6, 6.07) is 3.75. The summed E-state index contributed by atoms with van der Waals surface area (Å²) < 4.78 is 0.749. The van der Waals surface area contributed by atoms with Crippen LogP contribution >= 0.6 is 34.7 Å². The smallest absolute Gasteiger partial charge is 0.316 e. The minimum Gasteiger partial charge on any atom is -0.480 e. The Morgan fingerprint density at radius 2 is 2.46 bits per heavy atom. The first-order valence-corrected chi connectivity index (χ1v) is 5.92. The molecule has 1 aromatic rings. The molecule has 0 bridgehead atoms. The second kappa shape index (κ2) is 4.88. The van der Waals surface area contributed by atoms with Gasteiger partial charge in [-0.1, -0.05) is 11.6 Å². The summed E-state index contributed by atoms with van der Waals surface area (Å²) in [4.78, 5) is 11.6. The lowest BCUT2D eigenvalue weighted by molar-refractivity contribution is -0.136. The van der Waals surface area contributed by atoms with Gasteiger partial charge in [0.05, 0.1) is 9.59 Å². The molecule has 0 saturated heterocycles. The van der Waals surface area contributed by atoms with Crippen LogP contribution in [0.3, 0.4) is 0 Å². The first-order chi connectivity index (χ1) is 6.09. The van der Waals surface area contributed by atoms with E-state index in [1.165, 1.54) is 23.1 Å². The maximum atomic E-state index is 10.5. The van der Waals surface area contributed by atoms with Gasteiger partial charge in [-0.05, 0) is 19.1 Å². The molecular weight excluding hydrogens is 228 g/mol. The Kier molecular flexibility index (Phi) is 4.09. The highest BCUT2D eigenvalue weighted by molar-refractivity contribution is 7.99. The lowest BCUT2D eigenvalue weighted by Crippen LogP contribution is -2.11. The minimum atomic E-state index is -0.771. The maximum absolute atomic E-state index is 10.5. The molecule has 1 atom stereocenters. The highest BCUT2D eigenvalue weighted by atomic mass is 35.5. The molecule has 0 saturated carbocycles. The van der Waals surface area contributed by atoms with Crippen molar-refractivity contribution in [3.63, 3.8) is 0 Å². The Morgan fingerprint density at radius 3 is 2.92 bits per heavy atom. The molecule has 5 heteroatoms. The molecule has 0 radical (unpaired) electrons. The van der Waals surface area contributed by atoms with Crippen molar-refractivity contribution >= 4 is 40.7 Å². The Hall–Kier alpha value is -0.190. The van der Waals surface area contributed by atoms with Crippen molar-refractivity contribution in [3.05, 3.63) is 21.3 Å². The molecule has 2 nitrogen and oxygen atoms in total. The molecule has 0 aliphatic carbocycles. The fraction of sp³-hybridized carbons (Fsp3) is 0.375. The number of carbonyl (C=O) groups is 1. The van der Waals surface area contributed by atoms with E-state index in [9.17, 15) is 4.79 Å². The van der Waals surface area contributed by atoms with Crippen LogP contribution in [-0.4, -0.2) is 16.3 Å². The SMILES string of the molecule is CC(SCc1ccc(Cl)s1)C(=O)O. The predicted molar refractivity (Wildman–Crippen MR) is 57.7 cm³/mol. The van der Waals surface area contributed by atoms with E-state index in [-0.39, 0.29) is 5.25 Å². The number of aliphatic carboxylic acids is 1. The molecule has 0 aromatic carbocycles. The van der Waals surface area contributed by atoms with E-state index in [1.807, 2.05) is 12.1 Å². The third-order valence-electron chi connectivity index (χ3n) is 1.45. The van der Waals surface area contributed by atoms with Crippen molar-refractivity contribution in [2.24, 2.45) is 0 Å². The Morgan fingerprint density at radius 1 is 1.77 bits per heavy atom. The number of carboxylic acids is 1. The molecule has 72 valence electrons. The summed E-state index contributed by atoms with van der Waals surface area (Å²) in [5.41, 5.74) is 0. The second-order valence-electron chi connectivity index (χ2n) is 2.50. The number of hydrogen-bond acceptors (Lipinski definition) is 3. The summed E-state index contributed by atoms with van der Waals surface area (Å²) >= 11 is 8.63. The lowest BCUT2D eigenvalue weighted by atomic mass is 10.5. The fourth-order valence-electron chi connectivity index (χ4n) is 0.708. The van der Waals surface area contributed by atoms with Crippen LogP contribution in [-0.2, 0) is 10.5 Å². The second-order valence-corrected chi connectivity index (χ2v) is 5.63. The van der Waals surface area contributed by atoms with Crippen molar-refractivity contribution < 1.29 is 9.90 Å². The molecule has 0 amide bonds. The van der Waals surface area contributed by atoms with E-state index >= 15 is 0 Å². The van der Waals surface area contributed by atoms with Gasteiger partial charge in [0.1, 0.15) is 0 Å². The number of halogens is 1. The first kappa shape index (κ1) is 10.9. The van der Waals surface area contributed by atoms with E-state index in [4.69, 9.17) is 16.7 Å². The number of rotatable bonds is 4. The standard InChI is InChI=1S/C8H9ClO2S2/c1-5(8(10)11)12-4-6-2-3-7(9)13-6/h2-3,5H,4H2,1H3,(H,10,11). The highest BCUT2D eigenvalue weighted by Crippen LogP contribution is 2.26. The largest absolute Gasteiger partial charge is 0.480 e. The zero-order valence-electron chi connectivity index (χ0n) is 6.99. The molecule has 1 unspecified atom stereocenters. The number of thioether (sulfide) groups is 1. The summed E-state index contributed by atoms with van der Waals surface area (Å²) in [5.74, 6) is -0.0575. The fourth-order valence-corrected chi connectivity index (χ4v) is 2.68. The van der Waals surface area contributed by atoms with Crippen LogP contribution in [0.4, 0.5) is 0 Å². The lowest BCUT2D eigenvalue weighted by Gasteiger charge is -2.03. The van der Waals surface area contributed by atoms with Crippen molar-refractivity contribution in [1.82, 2.24) is 0 Å². The average Bonchev–Trinajstić information content (AvgIpc) is 2.47. The first-order valence-electron chi connectivity index (χ1n) is 3.68. The molecule has 0 aliphatic rings. The van der Waals surface area contributed by atoms with Gasteiger partial charge in [-0.25, -0.2) is 0 Å². The van der Waals surface area contributed by atoms with Gasteiger partial charge >= 0.3 is 5.97 Å². The number of hydrogen-bond donors (Lipinski definition) is 1. The molecule has 1 aromatic heterocycles. The third-order valence-corrected chi connectivity index (χ3v) is 4.05. The molecule has 13 heavy (non-hydrogen) atoms. The van der Waals surface area contributed by atoms with E-state index in [2.05, 4.69) is 0 Å². The molecule has 1 heterocycles.